The van der Waals surface area contributed by atoms with Crippen molar-refractivity contribution in [3.8, 4) is 0 Å². The van der Waals surface area contributed by atoms with Crippen molar-refractivity contribution < 1.29 is 22.8 Å². The quantitative estimate of drug-likeness (QED) is 0.867. The van der Waals surface area contributed by atoms with E-state index in [9.17, 15) is 22.8 Å². The van der Waals surface area contributed by atoms with Gasteiger partial charge in [0.2, 0.25) is 0 Å². The molecular formula is C19H21F3N4O2. The topological polar surface area (TPSA) is 67.2 Å². The van der Waals surface area contributed by atoms with Gasteiger partial charge in [-0.05, 0) is 37.0 Å². The number of rotatable bonds is 4. The molecule has 9 heteroatoms. The summed E-state index contributed by atoms with van der Waals surface area (Å²) >= 11 is 0. The van der Waals surface area contributed by atoms with Gasteiger partial charge in [0.25, 0.3) is 11.8 Å². The second-order valence-electron chi connectivity index (χ2n) is 6.91. The summed E-state index contributed by atoms with van der Waals surface area (Å²) in [5.74, 6) is -0.332. The second kappa shape index (κ2) is 8.04. The molecule has 3 rings (SSSR count). The molecule has 1 unspecified atom stereocenters. The zero-order valence-electron chi connectivity index (χ0n) is 15.4. The van der Waals surface area contributed by atoms with Crippen molar-refractivity contribution in [3.63, 3.8) is 0 Å². The average molecular weight is 394 g/mol. The number of likely N-dealkylation sites (tertiary alicyclic amines) is 1. The number of piperidine rings is 1. The van der Waals surface area contributed by atoms with Crippen molar-refractivity contribution in [2.75, 3.05) is 19.6 Å². The summed E-state index contributed by atoms with van der Waals surface area (Å²) < 4.78 is 40.0. The van der Waals surface area contributed by atoms with Gasteiger partial charge in [0, 0.05) is 44.6 Å². The van der Waals surface area contributed by atoms with Crippen LogP contribution in [0.1, 0.15) is 39.4 Å². The lowest BCUT2D eigenvalue weighted by Gasteiger charge is -2.32. The van der Waals surface area contributed by atoms with Crippen LogP contribution in [-0.4, -0.2) is 45.9 Å². The van der Waals surface area contributed by atoms with Gasteiger partial charge < -0.3 is 14.8 Å². The number of nitrogens with zero attached hydrogens (tertiary/aromatic N) is 3. The summed E-state index contributed by atoms with van der Waals surface area (Å²) in [6, 6.07) is 4.33. The molecule has 1 aromatic carbocycles. The minimum atomic E-state index is -4.49. The maximum Gasteiger partial charge on any atom is 0.416 e. The van der Waals surface area contributed by atoms with Gasteiger partial charge >= 0.3 is 6.18 Å². The maximum atomic E-state index is 12.8. The number of hydrogen-bond donors (Lipinski definition) is 1. The number of benzene rings is 1. The van der Waals surface area contributed by atoms with E-state index in [-0.39, 0.29) is 17.4 Å². The van der Waals surface area contributed by atoms with Crippen LogP contribution in [0.4, 0.5) is 13.2 Å². The number of imidazole rings is 1. The first-order chi connectivity index (χ1) is 13.3. The molecule has 0 bridgehead atoms. The number of nitrogens with one attached hydrogen (secondary N) is 1. The van der Waals surface area contributed by atoms with Crippen LogP contribution in [0.15, 0.2) is 36.7 Å². The number of amides is 2. The highest BCUT2D eigenvalue weighted by Gasteiger charge is 2.31. The first-order valence-corrected chi connectivity index (χ1v) is 8.98. The minimum absolute atomic E-state index is 0.0349. The highest BCUT2D eigenvalue weighted by atomic mass is 19.4. The number of carbonyl (C=O) groups is 2. The Morgan fingerprint density at radius 2 is 2.11 bits per heavy atom. The Kier molecular flexibility index (Phi) is 5.71. The van der Waals surface area contributed by atoms with Crippen molar-refractivity contribution in [1.82, 2.24) is 19.8 Å². The molecule has 1 aliphatic heterocycles. The lowest BCUT2D eigenvalue weighted by atomic mass is 9.97. The minimum Gasteiger partial charge on any atom is -0.352 e. The van der Waals surface area contributed by atoms with Crippen LogP contribution in [0.5, 0.6) is 0 Å². The molecule has 28 heavy (non-hydrogen) atoms. The van der Waals surface area contributed by atoms with Crippen LogP contribution >= 0.6 is 0 Å². The third-order valence-electron chi connectivity index (χ3n) is 4.82. The van der Waals surface area contributed by atoms with Gasteiger partial charge in [0.05, 0.1) is 5.56 Å². The Bertz CT molecular complexity index is 863. The first kappa shape index (κ1) is 19.9. The Morgan fingerprint density at radius 1 is 1.32 bits per heavy atom. The van der Waals surface area contributed by atoms with Crippen molar-refractivity contribution in [1.29, 1.82) is 0 Å². The summed E-state index contributed by atoms with van der Waals surface area (Å²) in [5, 5.41) is 2.69. The van der Waals surface area contributed by atoms with E-state index in [0.29, 0.717) is 25.5 Å². The van der Waals surface area contributed by atoms with Crippen LogP contribution in [-0.2, 0) is 13.2 Å². The Labute approximate surface area is 160 Å². The highest BCUT2D eigenvalue weighted by Crippen LogP contribution is 2.29. The fourth-order valence-corrected chi connectivity index (χ4v) is 3.31. The molecule has 1 fully saturated rings. The average Bonchev–Trinajstić information content (AvgIpc) is 3.11. The lowest BCUT2D eigenvalue weighted by Crippen LogP contribution is -2.44. The van der Waals surface area contributed by atoms with E-state index in [4.69, 9.17) is 0 Å². The number of alkyl halides is 3. The molecule has 6 nitrogen and oxygen atoms in total. The predicted molar refractivity (Wildman–Crippen MR) is 95.6 cm³/mol. The standard InChI is InChI=1S/C19H21F3N4O2/c1-25-9-7-23-16(25)18(28)26-8-3-4-13(12-26)11-24-17(27)14-5-2-6-15(10-14)19(20,21)22/h2,5-7,9-10,13H,3-4,8,11-12H2,1H3,(H,24,27). The first-order valence-electron chi connectivity index (χ1n) is 8.98. The molecule has 0 saturated carbocycles. The van der Waals surface area contributed by atoms with Crippen molar-refractivity contribution >= 4 is 11.8 Å². The largest absolute Gasteiger partial charge is 0.416 e. The van der Waals surface area contributed by atoms with Gasteiger partial charge in [-0.1, -0.05) is 6.07 Å². The second-order valence-corrected chi connectivity index (χ2v) is 6.91. The van der Waals surface area contributed by atoms with Crippen LogP contribution < -0.4 is 5.32 Å². The third kappa shape index (κ3) is 4.52. The summed E-state index contributed by atoms with van der Waals surface area (Å²) in [5.41, 5.74) is -0.892. The molecule has 1 atom stereocenters. The van der Waals surface area contributed by atoms with Gasteiger partial charge in [-0.25, -0.2) is 4.98 Å². The summed E-state index contributed by atoms with van der Waals surface area (Å²) in [7, 11) is 1.75. The van der Waals surface area contributed by atoms with Gasteiger partial charge in [0.1, 0.15) is 0 Å². The van der Waals surface area contributed by atoms with E-state index in [2.05, 4.69) is 10.3 Å². The predicted octanol–water partition coefficient (Wildman–Crippen LogP) is 2.72. The van der Waals surface area contributed by atoms with Gasteiger partial charge in [-0.15, -0.1) is 0 Å². The van der Waals surface area contributed by atoms with Crippen LogP contribution in [0.3, 0.4) is 0 Å². The van der Waals surface area contributed by atoms with E-state index in [1.165, 1.54) is 12.1 Å². The maximum absolute atomic E-state index is 12.8. The monoisotopic (exact) mass is 394 g/mol. The van der Waals surface area contributed by atoms with Gasteiger partial charge in [-0.2, -0.15) is 13.2 Å². The van der Waals surface area contributed by atoms with E-state index < -0.39 is 17.6 Å². The molecule has 1 saturated heterocycles. The Balaban J connectivity index is 1.58. The fourth-order valence-electron chi connectivity index (χ4n) is 3.31. The summed E-state index contributed by atoms with van der Waals surface area (Å²) in [4.78, 5) is 30.6. The molecule has 1 aliphatic rings. The molecule has 0 radical (unpaired) electrons. The molecule has 150 valence electrons. The number of hydrogen-bond acceptors (Lipinski definition) is 3. The molecule has 2 heterocycles. The number of aryl methyl sites for hydroxylation is 1. The SMILES string of the molecule is Cn1ccnc1C(=O)N1CCCC(CNC(=O)c2cccc(C(F)(F)F)c2)C1. The molecular weight excluding hydrogens is 373 g/mol. The number of halogens is 3. The third-order valence-corrected chi connectivity index (χ3v) is 4.82. The van der Waals surface area contributed by atoms with Crippen molar-refractivity contribution in [3.05, 3.63) is 53.6 Å². The van der Waals surface area contributed by atoms with Crippen LogP contribution in [0.25, 0.3) is 0 Å². The van der Waals surface area contributed by atoms with E-state index in [1.807, 2.05) is 0 Å². The lowest BCUT2D eigenvalue weighted by molar-refractivity contribution is -0.137. The molecule has 0 aliphatic carbocycles. The fraction of sp³-hybridized carbons (Fsp3) is 0.421. The zero-order chi connectivity index (χ0) is 20.3. The Morgan fingerprint density at radius 3 is 2.79 bits per heavy atom. The number of carbonyl (C=O) groups excluding carboxylic acids is 2. The summed E-state index contributed by atoms with van der Waals surface area (Å²) in [6.45, 7) is 1.37. The van der Waals surface area contributed by atoms with E-state index >= 15 is 0 Å². The molecule has 2 amide bonds. The smallest absolute Gasteiger partial charge is 0.352 e. The zero-order valence-corrected chi connectivity index (χ0v) is 15.4. The molecule has 2 aromatic rings. The highest BCUT2D eigenvalue weighted by molar-refractivity contribution is 5.94. The molecule has 1 aromatic heterocycles. The summed E-state index contributed by atoms with van der Waals surface area (Å²) in [6.07, 6.45) is 0.382. The van der Waals surface area contributed by atoms with E-state index in [0.717, 1.165) is 25.0 Å². The van der Waals surface area contributed by atoms with Crippen molar-refractivity contribution in [2.45, 2.75) is 19.0 Å². The molecule has 1 N–H and O–H groups in total. The van der Waals surface area contributed by atoms with Gasteiger partial charge in [-0.3, -0.25) is 9.59 Å². The normalized spacial score (nSPS) is 17.4. The van der Waals surface area contributed by atoms with Crippen molar-refractivity contribution in [2.24, 2.45) is 13.0 Å². The number of aromatic nitrogens is 2. The van der Waals surface area contributed by atoms with Crippen LogP contribution in [0, 0.1) is 5.92 Å². The molecule has 0 spiro atoms. The van der Waals surface area contributed by atoms with Crippen LogP contribution in [0.2, 0.25) is 0 Å². The van der Waals surface area contributed by atoms with Gasteiger partial charge in [0.15, 0.2) is 5.82 Å². The Hall–Kier alpha value is -2.84. The van der Waals surface area contributed by atoms with E-state index in [1.54, 1.807) is 28.9 Å².